The van der Waals surface area contributed by atoms with Crippen LogP contribution >= 0.6 is 11.6 Å². The summed E-state index contributed by atoms with van der Waals surface area (Å²) in [5.41, 5.74) is 0.892. The molecule has 5 heteroatoms. The molecule has 0 radical (unpaired) electrons. The van der Waals surface area contributed by atoms with Crippen molar-refractivity contribution in [3.63, 3.8) is 0 Å². The Bertz CT molecular complexity index is 634. The summed E-state index contributed by atoms with van der Waals surface area (Å²) in [7, 11) is 0. The Hall–Kier alpha value is -2.07. The number of hydrogen-bond acceptors (Lipinski definition) is 3. The Balaban J connectivity index is 1.96. The molecule has 1 aromatic rings. The molecule has 0 atom stereocenters. The minimum absolute atomic E-state index is 0.0587. The maximum atomic E-state index is 12.5. The number of allylic oxidation sites excluding steroid dienone is 1. The summed E-state index contributed by atoms with van der Waals surface area (Å²) in [5, 5.41) is 2.98. The number of esters is 1. The zero-order valence-corrected chi connectivity index (χ0v) is 15.7. The summed E-state index contributed by atoms with van der Waals surface area (Å²) >= 11 is 5.69. The van der Waals surface area contributed by atoms with Crippen molar-refractivity contribution < 1.29 is 14.3 Å². The molecule has 1 saturated carbocycles. The predicted molar refractivity (Wildman–Crippen MR) is 105 cm³/mol. The van der Waals surface area contributed by atoms with Crippen LogP contribution in [0.3, 0.4) is 0 Å². The number of nitrogens with one attached hydrogen (secondary N) is 1. The number of halogens is 1. The summed E-state index contributed by atoms with van der Waals surface area (Å²) in [6, 6.07) is 9.61. The van der Waals surface area contributed by atoms with Crippen LogP contribution in [0.5, 0.6) is 0 Å². The van der Waals surface area contributed by atoms with Crippen molar-refractivity contribution in [2.24, 2.45) is 0 Å². The highest BCUT2D eigenvalue weighted by molar-refractivity contribution is 6.17. The van der Waals surface area contributed by atoms with Crippen molar-refractivity contribution in [2.45, 2.75) is 51.0 Å². The maximum Gasteiger partial charge on any atom is 0.336 e. The molecule has 1 aromatic carbocycles. The van der Waals surface area contributed by atoms with E-state index in [0.717, 1.165) is 37.7 Å². The summed E-state index contributed by atoms with van der Waals surface area (Å²) < 4.78 is 5.30. The van der Waals surface area contributed by atoms with Gasteiger partial charge in [-0.15, -0.1) is 11.6 Å². The average molecular weight is 376 g/mol. The molecule has 1 N–H and O–H groups in total. The van der Waals surface area contributed by atoms with Crippen LogP contribution in [0.15, 0.2) is 48.2 Å². The number of hydrogen-bond donors (Lipinski definition) is 1. The SMILES string of the molecule is O=C(/C=C/c1ccccc1)O/C(=C\CCCCl)C(=O)NC1CCCCC1. The Morgan fingerprint density at radius 3 is 2.58 bits per heavy atom. The third-order valence-corrected chi connectivity index (χ3v) is 4.52. The molecule has 1 fully saturated rings. The number of carbonyl (C=O) groups excluding carboxylic acids is 2. The molecule has 0 spiro atoms. The zero-order chi connectivity index (χ0) is 18.6. The van der Waals surface area contributed by atoms with E-state index in [-0.39, 0.29) is 17.7 Å². The molecule has 1 amide bonds. The summed E-state index contributed by atoms with van der Waals surface area (Å²) in [6.45, 7) is 0. The Kier molecular flexibility index (Phi) is 8.98. The predicted octanol–water partition coefficient (Wildman–Crippen LogP) is 4.59. The number of rotatable bonds is 8. The van der Waals surface area contributed by atoms with Gasteiger partial charge >= 0.3 is 5.97 Å². The standard InChI is InChI=1S/C21H26ClNO3/c22-16-8-7-13-19(21(25)23-18-11-5-2-6-12-18)26-20(24)15-14-17-9-3-1-4-10-17/h1,3-4,9-10,13-15,18H,2,5-8,11-12,16H2,(H,23,25)/b15-14+,19-13-. The molecule has 140 valence electrons. The number of benzene rings is 1. The Morgan fingerprint density at radius 2 is 1.88 bits per heavy atom. The highest BCUT2D eigenvalue weighted by atomic mass is 35.5. The van der Waals surface area contributed by atoms with E-state index in [2.05, 4.69) is 5.32 Å². The molecule has 4 nitrogen and oxygen atoms in total. The van der Waals surface area contributed by atoms with Crippen LogP contribution in [-0.4, -0.2) is 23.8 Å². The highest BCUT2D eigenvalue weighted by Crippen LogP contribution is 2.18. The quantitative estimate of drug-likeness (QED) is 0.237. The van der Waals surface area contributed by atoms with Crippen molar-refractivity contribution in [3.05, 3.63) is 53.8 Å². The normalized spacial score (nSPS) is 15.8. The lowest BCUT2D eigenvalue weighted by molar-refractivity contribution is -0.138. The first-order valence-corrected chi connectivity index (χ1v) is 9.74. The fraction of sp³-hybridized carbons (Fsp3) is 0.429. The van der Waals surface area contributed by atoms with Gasteiger partial charge in [-0.1, -0.05) is 49.6 Å². The van der Waals surface area contributed by atoms with Crippen molar-refractivity contribution >= 4 is 29.6 Å². The summed E-state index contributed by atoms with van der Waals surface area (Å²) in [5.74, 6) is -0.336. The van der Waals surface area contributed by atoms with Gasteiger partial charge in [0.2, 0.25) is 0 Å². The molecular formula is C21H26ClNO3. The Morgan fingerprint density at radius 1 is 1.15 bits per heavy atom. The van der Waals surface area contributed by atoms with Crippen LogP contribution in [0.1, 0.15) is 50.5 Å². The van der Waals surface area contributed by atoms with Gasteiger partial charge in [0.15, 0.2) is 5.76 Å². The van der Waals surface area contributed by atoms with E-state index < -0.39 is 5.97 Å². The number of amides is 1. The topological polar surface area (TPSA) is 55.4 Å². The number of unbranched alkanes of at least 4 members (excludes halogenated alkanes) is 1. The molecule has 0 aromatic heterocycles. The van der Waals surface area contributed by atoms with Gasteiger partial charge in [-0.05, 0) is 43.4 Å². The Labute approximate surface area is 160 Å². The lowest BCUT2D eigenvalue weighted by Gasteiger charge is -2.23. The van der Waals surface area contributed by atoms with Gasteiger partial charge in [0.1, 0.15) is 0 Å². The molecule has 0 heterocycles. The fourth-order valence-corrected chi connectivity index (χ4v) is 3.02. The van der Waals surface area contributed by atoms with Gasteiger partial charge < -0.3 is 10.1 Å². The van der Waals surface area contributed by atoms with Crippen LogP contribution in [0.2, 0.25) is 0 Å². The highest BCUT2D eigenvalue weighted by Gasteiger charge is 2.20. The van der Waals surface area contributed by atoms with E-state index in [1.165, 1.54) is 12.5 Å². The molecule has 0 bridgehead atoms. The van der Waals surface area contributed by atoms with Crippen LogP contribution in [0.4, 0.5) is 0 Å². The zero-order valence-electron chi connectivity index (χ0n) is 15.0. The number of alkyl halides is 1. The van der Waals surface area contributed by atoms with Crippen LogP contribution in [-0.2, 0) is 14.3 Å². The van der Waals surface area contributed by atoms with Crippen LogP contribution < -0.4 is 5.32 Å². The maximum absolute atomic E-state index is 12.5. The first-order valence-electron chi connectivity index (χ1n) is 9.21. The first-order chi connectivity index (χ1) is 12.7. The third kappa shape index (κ3) is 7.44. The third-order valence-electron chi connectivity index (χ3n) is 4.25. The van der Waals surface area contributed by atoms with Gasteiger partial charge in [0.05, 0.1) is 0 Å². The van der Waals surface area contributed by atoms with E-state index in [4.69, 9.17) is 16.3 Å². The molecule has 2 rings (SSSR count). The van der Waals surface area contributed by atoms with Gasteiger partial charge in [0.25, 0.3) is 5.91 Å². The molecule has 1 aliphatic carbocycles. The molecule has 0 saturated heterocycles. The smallest absolute Gasteiger partial charge is 0.336 e. The molecule has 0 unspecified atom stereocenters. The monoisotopic (exact) mass is 375 g/mol. The molecule has 1 aliphatic rings. The van der Waals surface area contributed by atoms with Gasteiger partial charge in [-0.25, -0.2) is 4.79 Å². The van der Waals surface area contributed by atoms with E-state index in [0.29, 0.717) is 12.3 Å². The second-order valence-electron chi connectivity index (χ2n) is 6.37. The minimum atomic E-state index is -0.565. The second kappa shape index (κ2) is 11.5. The van der Waals surface area contributed by atoms with Crippen LogP contribution in [0.25, 0.3) is 6.08 Å². The molecule has 26 heavy (non-hydrogen) atoms. The van der Waals surface area contributed by atoms with E-state index in [9.17, 15) is 9.59 Å². The summed E-state index contributed by atoms with van der Waals surface area (Å²) in [6.07, 6.45) is 11.4. The lowest BCUT2D eigenvalue weighted by Crippen LogP contribution is -2.37. The van der Waals surface area contributed by atoms with Crippen LogP contribution in [0, 0.1) is 0 Å². The minimum Gasteiger partial charge on any atom is -0.418 e. The summed E-state index contributed by atoms with van der Waals surface area (Å²) in [4.78, 5) is 24.6. The van der Waals surface area contributed by atoms with E-state index >= 15 is 0 Å². The van der Waals surface area contributed by atoms with Crippen molar-refractivity contribution in [1.29, 1.82) is 0 Å². The molecular weight excluding hydrogens is 350 g/mol. The largest absolute Gasteiger partial charge is 0.418 e. The lowest BCUT2D eigenvalue weighted by atomic mass is 9.95. The number of carbonyl (C=O) groups is 2. The van der Waals surface area contributed by atoms with E-state index in [1.54, 1.807) is 12.2 Å². The van der Waals surface area contributed by atoms with Gasteiger partial charge in [0, 0.05) is 18.0 Å². The molecule has 0 aliphatic heterocycles. The van der Waals surface area contributed by atoms with Crippen molar-refractivity contribution in [1.82, 2.24) is 5.32 Å². The number of ether oxygens (including phenoxy) is 1. The first kappa shape index (κ1) is 20.2. The van der Waals surface area contributed by atoms with Gasteiger partial charge in [-0.3, -0.25) is 4.79 Å². The fourth-order valence-electron chi connectivity index (χ4n) is 2.87. The van der Waals surface area contributed by atoms with Gasteiger partial charge in [-0.2, -0.15) is 0 Å². The average Bonchev–Trinajstić information content (AvgIpc) is 2.67. The van der Waals surface area contributed by atoms with Crippen molar-refractivity contribution in [3.8, 4) is 0 Å². The second-order valence-corrected chi connectivity index (χ2v) is 6.75. The van der Waals surface area contributed by atoms with E-state index in [1.807, 2.05) is 30.3 Å². The van der Waals surface area contributed by atoms with Crippen molar-refractivity contribution in [2.75, 3.05) is 5.88 Å².